The topological polar surface area (TPSA) is 66.5 Å². The van der Waals surface area contributed by atoms with Crippen LogP contribution in [0.15, 0.2) is 40.6 Å². The van der Waals surface area contributed by atoms with Gasteiger partial charge in [0.05, 0.1) is 0 Å². The lowest BCUT2D eigenvalue weighted by atomic mass is 10.2. The lowest BCUT2D eigenvalue weighted by Gasteiger charge is -2.25. The molecule has 3 rings (SSSR count). The van der Waals surface area contributed by atoms with E-state index in [0.717, 1.165) is 30.6 Å². The summed E-state index contributed by atoms with van der Waals surface area (Å²) in [5.74, 6) is -0.428. The number of halogens is 1. The molecule has 1 aromatic heterocycles. The van der Waals surface area contributed by atoms with Gasteiger partial charge in [0.2, 0.25) is 10.0 Å². The van der Waals surface area contributed by atoms with E-state index >= 15 is 0 Å². The molecule has 0 saturated carbocycles. The highest BCUT2D eigenvalue weighted by molar-refractivity contribution is 7.89. The molecule has 1 N–H and O–H groups in total. The third-order valence-corrected chi connectivity index (χ3v) is 7.11. The molecule has 24 heavy (non-hydrogen) atoms. The molecule has 1 fully saturated rings. The SMILES string of the molecule is O=C(Nc1ccc(Cl)cc1)c1sccc1S(=O)(=O)N1CCCCC1. The van der Waals surface area contributed by atoms with Crippen molar-refractivity contribution >= 4 is 44.6 Å². The van der Waals surface area contributed by atoms with Crippen LogP contribution >= 0.6 is 22.9 Å². The van der Waals surface area contributed by atoms with Crippen molar-refractivity contribution in [2.45, 2.75) is 24.2 Å². The van der Waals surface area contributed by atoms with Crippen molar-refractivity contribution in [2.75, 3.05) is 18.4 Å². The third kappa shape index (κ3) is 3.64. The minimum Gasteiger partial charge on any atom is -0.321 e. The number of amides is 1. The number of thiophene rings is 1. The summed E-state index contributed by atoms with van der Waals surface area (Å²) < 4.78 is 27.1. The van der Waals surface area contributed by atoms with Crippen LogP contribution in [0.5, 0.6) is 0 Å². The van der Waals surface area contributed by atoms with Crippen molar-refractivity contribution < 1.29 is 13.2 Å². The van der Waals surface area contributed by atoms with Gasteiger partial charge in [-0.2, -0.15) is 4.31 Å². The van der Waals surface area contributed by atoms with Gasteiger partial charge >= 0.3 is 0 Å². The summed E-state index contributed by atoms with van der Waals surface area (Å²) in [6, 6.07) is 8.18. The smallest absolute Gasteiger partial charge is 0.267 e. The zero-order valence-electron chi connectivity index (χ0n) is 12.9. The molecule has 1 aliphatic heterocycles. The van der Waals surface area contributed by atoms with E-state index in [4.69, 9.17) is 11.6 Å². The summed E-state index contributed by atoms with van der Waals surface area (Å²) >= 11 is 6.95. The minimum atomic E-state index is -3.63. The van der Waals surface area contributed by atoms with Crippen molar-refractivity contribution in [2.24, 2.45) is 0 Å². The predicted octanol–water partition coefficient (Wildman–Crippen LogP) is 3.83. The Balaban J connectivity index is 1.84. The summed E-state index contributed by atoms with van der Waals surface area (Å²) in [6.45, 7) is 1.02. The van der Waals surface area contributed by atoms with Gasteiger partial charge in [-0.1, -0.05) is 18.0 Å². The average Bonchev–Trinajstić information content (AvgIpc) is 3.08. The first-order valence-electron chi connectivity index (χ1n) is 7.63. The maximum absolute atomic E-state index is 12.8. The Morgan fingerprint density at radius 1 is 1.08 bits per heavy atom. The Hall–Kier alpha value is -1.41. The van der Waals surface area contributed by atoms with Gasteiger partial charge in [-0.25, -0.2) is 8.42 Å². The maximum atomic E-state index is 12.8. The molecule has 0 bridgehead atoms. The normalized spacial score (nSPS) is 16.0. The summed E-state index contributed by atoms with van der Waals surface area (Å²) in [7, 11) is -3.63. The van der Waals surface area contributed by atoms with Crippen LogP contribution in [0.25, 0.3) is 0 Å². The van der Waals surface area contributed by atoms with Crippen LogP contribution in [0, 0.1) is 0 Å². The van der Waals surface area contributed by atoms with E-state index in [2.05, 4.69) is 5.32 Å². The lowest BCUT2D eigenvalue weighted by molar-refractivity contribution is 0.102. The molecule has 1 aliphatic rings. The average molecular weight is 385 g/mol. The Morgan fingerprint density at radius 3 is 2.42 bits per heavy atom. The van der Waals surface area contributed by atoms with Gasteiger partial charge < -0.3 is 5.32 Å². The number of anilines is 1. The van der Waals surface area contributed by atoms with Crippen LogP contribution in [0.4, 0.5) is 5.69 Å². The number of hydrogen-bond donors (Lipinski definition) is 1. The number of rotatable bonds is 4. The van der Waals surface area contributed by atoms with Crippen LogP contribution in [0.2, 0.25) is 5.02 Å². The van der Waals surface area contributed by atoms with Gasteiger partial charge in [-0.3, -0.25) is 4.79 Å². The van der Waals surface area contributed by atoms with Crippen LogP contribution in [0.1, 0.15) is 28.9 Å². The number of nitrogens with zero attached hydrogens (tertiary/aromatic N) is 1. The van der Waals surface area contributed by atoms with Crippen molar-refractivity contribution in [1.82, 2.24) is 4.31 Å². The zero-order valence-corrected chi connectivity index (χ0v) is 15.3. The number of sulfonamides is 1. The van der Waals surface area contributed by atoms with Crippen molar-refractivity contribution in [1.29, 1.82) is 0 Å². The molecule has 128 valence electrons. The molecule has 0 aliphatic carbocycles. The Labute approximate surface area is 150 Å². The molecule has 1 saturated heterocycles. The number of carbonyl (C=O) groups excluding carboxylic acids is 1. The first kappa shape index (κ1) is 17.4. The molecule has 0 unspecified atom stereocenters. The highest BCUT2D eigenvalue weighted by Crippen LogP contribution is 2.28. The molecule has 1 amide bonds. The van der Waals surface area contributed by atoms with Crippen molar-refractivity contribution in [3.63, 3.8) is 0 Å². The van der Waals surface area contributed by atoms with Gasteiger partial charge in [0.15, 0.2) is 0 Å². The van der Waals surface area contributed by atoms with E-state index in [-0.39, 0.29) is 9.77 Å². The molecule has 1 aromatic carbocycles. The monoisotopic (exact) mass is 384 g/mol. The number of carbonyl (C=O) groups is 1. The second kappa shape index (κ2) is 7.23. The second-order valence-electron chi connectivity index (χ2n) is 5.54. The quantitative estimate of drug-likeness (QED) is 0.871. The number of hydrogen-bond acceptors (Lipinski definition) is 4. The fourth-order valence-corrected chi connectivity index (χ4v) is 5.57. The molecule has 0 atom stereocenters. The van der Waals surface area contributed by atoms with E-state index in [1.54, 1.807) is 29.6 Å². The zero-order chi connectivity index (χ0) is 17.2. The summed E-state index contributed by atoms with van der Waals surface area (Å²) in [5.41, 5.74) is 0.569. The summed E-state index contributed by atoms with van der Waals surface area (Å²) in [6.07, 6.45) is 2.75. The molecule has 2 aromatic rings. The first-order valence-corrected chi connectivity index (χ1v) is 10.3. The van der Waals surface area contributed by atoms with Crippen LogP contribution in [-0.4, -0.2) is 31.7 Å². The highest BCUT2D eigenvalue weighted by Gasteiger charge is 2.30. The second-order valence-corrected chi connectivity index (χ2v) is 8.80. The van der Waals surface area contributed by atoms with E-state index in [1.165, 1.54) is 10.4 Å². The van der Waals surface area contributed by atoms with E-state index in [9.17, 15) is 13.2 Å². The lowest BCUT2D eigenvalue weighted by Crippen LogP contribution is -2.36. The van der Waals surface area contributed by atoms with E-state index in [1.807, 2.05) is 0 Å². The molecule has 0 radical (unpaired) electrons. The Kier molecular flexibility index (Phi) is 5.24. The van der Waals surface area contributed by atoms with Crippen LogP contribution in [0.3, 0.4) is 0 Å². The van der Waals surface area contributed by atoms with E-state index in [0.29, 0.717) is 23.8 Å². The van der Waals surface area contributed by atoms with Gasteiger partial charge in [0.1, 0.15) is 9.77 Å². The number of benzene rings is 1. The maximum Gasteiger partial charge on any atom is 0.267 e. The molecule has 2 heterocycles. The fraction of sp³-hybridized carbons (Fsp3) is 0.312. The minimum absolute atomic E-state index is 0.0841. The van der Waals surface area contributed by atoms with Gasteiger partial charge in [-0.05, 0) is 48.6 Å². The highest BCUT2D eigenvalue weighted by atomic mass is 35.5. The van der Waals surface area contributed by atoms with Crippen LogP contribution in [-0.2, 0) is 10.0 Å². The molecular formula is C16H17ClN2O3S2. The summed E-state index contributed by atoms with van der Waals surface area (Å²) in [5, 5.41) is 4.92. The fourth-order valence-electron chi connectivity index (χ4n) is 2.63. The number of piperidine rings is 1. The third-order valence-electron chi connectivity index (χ3n) is 3.87. The van der Waals surface area contributed by atoms with Crippen molar-refractivity contribution in [3.05, 3.63) is 45.6 Å². The molecule has 0 spiro atoms. The number of nitrogens with one attached hydrogen (secondary N) is 1. The van der Waals surface area contributed by atoms with Crippen molar-refractivity contribution in [3.8, 4) is 0 Å². The van der Waals surface area contributed by atoms with Gasteiger partial charge in [0.25, 0.3) is 5.91 Å². The van der Waals surface area contributed by atoms with Gasteiger partial charge in [0, 0.05) is 23.8 Å². The Morgan fingerprint density at radius 2 is 1.75 bits per heavy atom. The van der Waals surface area contributed by atoms with E-state index < -0.39 is 15.9 Å². The molecule has 5 nitrogen and oxygen atoms in total. The molecule has 8 heteroatoms. The molecular weight excluding hydrogens is 368 g/mol. The standard InChI is InChI=1S/C16H17ClN2O3S2/c17-12-4-6-13(7-5-12)18-16(20)15-14(8-11-23-15)24(21,22)19-9-2-1-3-10-19/h4-8,11H,1-3,9-10H2,(H,18,20). The largest absolute Gasteiger partial charge is 0.321 e. The predicted molar refractivity (Wildman–Crippen MR) is 96.3 cm³/mol. The van der Waals surface area contributed by atoms with Crippen LogP contribution < -0.4 is 5.32 Å². The first-order chi connectivity index (χ1) is 11.5. The Bertz CT molecular complexity index is 825. The van der Waals surface area contributed by atoms with Gasteiger partial charge in [-0.15, -0.1) is 11.3 Å². The summed E-state index contributed by atoms with van der Waals surface area (Å²) in [4.78, 5) is 12.8.